The van der Waals surface area contributed by atoms with E-state index in [1.807, 2.05) is 20.8 Å². The molecule has 1 amide bonds. The molecular weight excluding hydrogens is 350 g/mol. The standard InChI is InChI=1S/C17H26ClNO4S/c1-16(2,3)23-12-6-11-19-15(20)17(4,5)24(21,22)14-9-7-13(18)8-10-14/h7-10H,6,11-12H2,1-5H3,(H,19,20). The van der Waals surface area contributed by atoms with Crippen molar-refractivity contribution in [3.63, 3.8) is 0 Å². The first-order valence-corrected chi connectivity index (χ1v) is 9.66. The molecule has 1 rings (SSSR count). The lowest BCUT2D eigenvalue weighted by molar-refractivity contribution is -0.122. The maximum atomic E-state index is 12.7. The summed E-state index contributed by atoms with van der Waals surface area (Å²) in [6, 6.07) is 5.80. The van der Waals surface area contributed by atoms with E-state index in [1.54, 1.807) is 0 Å². The van der Waals surface area contributed by atoms with Gasteiger partial charge < -0.3 is 10.1 Å². The summed E-state index contributed by atoms with van der Waals surface area (Å²) in [5.41, 5.74) is -0.235. The number of carbonyl (C=O) groups is 1. The van der Waals surface area contributed by atoms with Crippen LogP contribution >= 0.6 is 11.6 Å². The second-order valence-electron chi connectivity index (χ2n) is 7.04. The van der Waals surface area contributed by atoms with Crippen LogP contribution in [0.5, 0.6) is 0 Å². The van der Waals surface area contributed by atoms with Crippen molar-refractivity contribution in [2.24, 2.45) is 0 Å². The third-order valence-electron chi connectivity index (χ3n) is 3.48. The van der Waals surface area contributed by atoms with Gasteiger partial charge in [0.1, 0.15) is 4.75 Å². The van der Waals surface area contributed by atoms with Crippen molar-refractivity contribution in [1.29, 1.82) is 0 Å². The number of hydrogen-bond acceptors (Lipinski definition) is 4. The number of ether oxygens (including phenoxy) is 1. The SMILES string of the molecule is CC(C)(C)OCCCNC(=O)C(C)(C)S(=O)(=O)c1ccc(Cl)cc1. The predicted octanol–water partition coefficient (Wildman–Crippen LogP) is 3.21. The van der Waals surface area contributed by atoms with Crippen LogP contribution in [0.25, 0.3) is 0 Å². The average Bonchev–Trinajstić information content (AvgIpc) is 2.45. The minimum absolute atomic E-state index is 0.0723. The summed E-state index contributed by atoms with van der Waals surface area (Å²) in [5, 5.41) is 3.11. The highest BCUT2D eigenvalue weighted by Crippen LogP contribution is 2.26. The van der Waals surface area contributed by atoms with Gasteiger partial charge in [0, 0.05) is 18.2 Å². The van der Waals surface area contributed by atoms with Gasteiger partial charge in [-0.1, -0.05) is 11.6 Å². The van der Waals surface area contributed by atoms with Gasteiger partial charge in [0.15, 0.2) is 9.84 Å². The molecule has 136 valence electrons. The summed E-state index contributed by atoms with van der Waals surface area (Å²) >= 11 is 5.78. The van der Waals surface area contributed by atoms with Gasteiger partial charge in [0.05, 0.1) is 10.5 Å². The molecule has 7 heteroatoms. The number of halogens is 1. The molecule has 1 aromatic carbocycles. The Kier molecular flexibility index (Phi) is 6.84. The van der Waals surface area contributed by atoms with E-state index >= 15 is 0 Å². The minimum atomic E-state index is -3.82. The van der Waals surface area contributed by atoms with Gasteiger partial charge in [-0.05, 0) is 65.3 Å². The summed E-state index contributed by atoms with van der Waals surface area (Å²) < 4.78 is 29.4. The summed E-state index contributed by atoms with van der Waals surface area (Å²) in [4.78, 5) is 12.4. The quantitative estimate of drug-likeness (QED) is 0.742. The Morgan fingerprint density at radius 1 is 1.12 bits per heavy atom. The lowest BCUT2D eigenvalue weighted by Crippen LogP contribution is -2.48. The molecule has 0 heterocycles. The molecule has 0 aromatic heterocycles. The number of nitrogens with one attached hydrogen (secondary N) is 1. The number of rotatable bonds is 7. The Labute approximate surface area is 149 Å². The molecule has 1 aromatic rings. The second kappa shape index (κ2) is 7.85. The molecule has 0 bridgehead atoms. The van der Waals surface area contributed by atoms with Crippen LogP contribution in [0, 0.1) is 0 Å². The number of carbonyl (C=O) groups excluding carboxylic acids is 1. The molecule has 0 radical (unpaired) electrons. The van der Waals surface area contributed by atoms with Crippen molar-refractivity contribution in [1.82, 2.24) is 5.32 Å². The van der Waals surface area contributed by atoms with Crippen molar-refractivity contribution in [3.05, 3.63) is 29.3 Å². The van der Waals surface area contributed by atoms with Crippen LogP contribution in [0.1, 0.15) is 41.0 Å². The van der Waals surface area contributed by atoms with Gasteiger partial charge in [-0.25, -0.2) is 8.42 Å². The summed E-state index contributed by atoms with van der Waals surface area (Å²) in [6.07, 6.45) is 0.611. The van der Waals surface area contributed by atoms with Crippen LogP contribution in [0.15, 0.2) is 29.2 Å². The van der Waals surface area contributed by atoms with Crippen molar-refractivity contribution in [2.45, 2.75) is 56.3 Å². The Hall–Kier alpha value is -1.11. The molecule has 0 saturated heterocycles. The van der Waals surface area contributed by atoms with E-state index in [0.29, 0.717) is 24.6 Å². The topological polar surface area (TPSA) is 72.5 Å². The highest BCUT2D eigenvalue weighted by molar-refractivity contribution is 7.93. The van der Waals surface area contributed by atoms with Gasteiger partial charge in [0.25, 0.3) is 0 Å². The van der Waals surface area contributed by atoms with Crippen LogP contribution in [0.4, 0.5) is 0 Å². The third-order valence-corrected chi connectivity index (χ3v) is 6.16. The fourth-order valence-electron chi connectivity index (χ4n) is 1.90. The first-order chi connectivity index (χ1) is 10.9. The van der Waals surface area contributed by atoms with E-state index in [0.717, 1.165) is 0 Å². The van der Waals surface area contributed by atoms with E-state index < -0.39 is 20.5 Å². The normalized spacial score (nSPS) is 12.9. The maximum absolute atomic E-state index is 12.7. The zero-order chi connectivity index (χ0) is 18.6. The van der Waals surface area contributed by atoms with E-state index in [-0.39, 0.29) is 10.5 Å². The zero-order valence-corrected chi connectivity index (χ0v) is 16.4. The van der Waals surface area contributed by atoms with E-state index in [4.69, 9.17) is 16.3 Å². The Morgan fingerprint density at radius 3 is 2.17 bits per heavy atom. The molecule has 0 aliphatic heterocycles. The van der Waals surface area contributed by atoms with E-state index in [1.165, 1.54) is 38.1 Å². The Balaban J connectivity index is 2.69. The minimum Gasteiger partial charge on any atom is -0.376 e. The first-order valence-electron chi connectivity index (χ1n) is 7.80. The Morgan fingerprint density at radius 2 is 1.67 bits per heavy atom. The summed E-state index contributed by atoms with van der Waals surface area (Å²) in [6.45, 7) is 9.51. The molecule has 5 nitrogen and oxygen atoms in total. The van der Waals surface area contributed by atoms with Crippen molar-refractivity contribution in [2.75, 3.05) is 13.2 Å². The lowest BCUT2D eigenvalue weighted by atomic mass is 10.2. The molecule has 0 unspecified atom stereocenters. The smallest absolute Gasteiger partial charge is 0.241 e. The molecule has 0 saturated carbocycles. The van der Waals surface area contributed by atoms with Crippen molar-refractivity contribution < 1.29 is 17.9 Å². The Bertz CT molecular complexity index is 661. The number of amides is 1. The number of sulfone groups is 1. The zero-order valence-electron chi connectivity index (χ0n) is 14.8. The van der Waals surface area contributed by atoms with Gasteiger partial charge in [-0.15, -0.1) is 0 Å². The fourth-order valence-corrected chi connectivity index (χ4v) is 3.42. The molecule has 0 fully saturated rings. The van der Waals surface area contributed by atoms with Crippen LogP contribution in [-0.4, -0.2) is 37.8 Å². The van der Waals surface area contributed by atoms with Crippen LogP contribution < -0.4 is 5.32 Å². The molecule has 24 heavy (non-hydrogen) atoms. The molecular formula is C17H26ClNO4S. The maximum Gasteiger partial charge on any atom is 0.241 e. The first kappa shape index (κ1) is 20.9. The fraction of sp³-hybridized carbons (Fsp3) is 0.588. The molecule has 1 N–H and O–H groups in total. The van der Waals surface area contributed by atoms with Crippen LogP contribution in [-0.2, 0) is 19.4 Å². The monoisotopic (exact) mass is 375 g/mol. The second-order valence-corrected chi connectivity index (χ2v) is 9.97. The van der Waals surface area contributed by atoms with Crippen LogP contribution in [0.2, 0.25) is 5.02 Å². The third kappa shape index (κ3) is 5.46. The predicted molar refractivity (Wildman–Crippen MR) is 96.0 cm³/mol. The highest BCUT2D eigenvalue weighted by Gasteiger charge is 2.42. The summed E-state index contributed by atoms with van der Waals surface area (Å²) in [5.74, 6) is -0.534. The lowest BCUT2D eigenvalue weighted by Gasteiger charge is -2.24. The highest BCUT2D eigenvalue weighted by atomic mass is 35.5. The van der Waals surface area contributed by atoms with E-state index in [2.05, 4.69) is 5.32 Å². The summed E-state index contributed by atoms with van der Waals surface area (Å²) in [7, 11) is -3.82. The average molecular weight is 376 g/mol. The molecule has 0 aliphatic rings. The van der Waals surface area contributed by atoms with Gasteiger partial charge in [-0.3, -0.25) is 4.79 Å². The van der Waals surface area contributed by atoms with Gasteiger partial charge >= 0.3 is 0 Å². The molecule has 0 spiro atoms. The van der Waals surface area contributed by atoms with E-state index in [9.17, 15) is 13.2 Å². The van der Waals surface area contributed by atoms with Gasteiger partial charge in [0.2, 0.25) is 5.91 Å². The largest absolute Gasteiger partial charge is 0.376 e. The van der Waals surface area contributed by atoms with Crippen molar-refractivity contribution in [3.8, 4) is 0 Å². The number of benzene rings is 1. The van der Waals surface area contributed by atoms with Crippen LogP contribution in [0.3, 0.4) is 0 Å². The van der Waals surface area contributed by atoms with Crippen molar-refractivity contribution >= 4 is 27.3 Å². The molecule has 0 atom stereocenters. The number of hydrogen-bond donors (Lipinski definition) is 1. The van der Waals surface area contributed by atoms with Gasteiger partial charge in [-0.2, -0.15) is 0 Å². The molecule has 0 aliphatic carbocycles.